The topological polar surface area (TPSA) is 12.0 Å². The van der Waals surface area contributed by atoms with Gasteiger partial charge in [-0.15, -0.1) is 12.4 Å². The summed E-state index contributed by atoms with van der Waals surface area (Å²) >= 11 is 0. The van der Waals surface area contributed by atoms with Gasteiger partial charge < -0.3 is 5.32 Å². The van der Waals surface area contributed by atoms with Gasteiger partial charge in [-0.1, -0.05) is 36.4 Å². The fourth-order valence-electron chi connectivity index (χ4n) is 2.75. The second-order valence-corrected chi connectivity index (χ2v) is 5.35. The molecule has 1 heterocycles. The van der Waals surface area contributed by atoms with Crippen LogP contribution in [0.1, 0.15) is 30.0 Å². The van der Waals surface area contributed by atoms with E-state index in [2.05, 4.69) is 5.32 Å². The highest BCUT2D eigenvalue weighted by Gasteiger charge is 2.30. The molecule has 1 fully saturated rings. The van der Waals surface area contributed by atoms with E-state index in [9.17, 15) is 13.2 Å². The molecule has 1 N–H and O–H groups in total. The summed E-state index contributed by atoms with van der Waals surface area (Å²) in [4.78, 5) is 0. The zero-order valence-corrected chi connectivity index (χ0v) is 12.7. The van der Waals surface area contributed by atoms with Gasteiger partial charge in [0.25, 0.3) is 0 Å². The van der Waals surface area contributed by atoms with Crippen molar-refractivity contribution < 1.29 is 13.2 Å². The summed E-state index contributed by atoms with van der Waals surface area (Å²) in [7, 11) is 0. The highest BCUT2D eigenvalue weighted by atomic mass is 35.5. The number of hydrogen-bond donors (Lipinski definition) is 1. The van der Waals surface area contributed by atoms with Crippen LogP contribution in [-0.2, 0) is 6.18 Å². The van der Waals surface area contributed by atoms with Crippen molar-refractivity contribution in [3.05, 3.63) is 59.7 Å². The van der Waals surface area contributed by atoms with Crippen LogP contribution >= 0.6 is 12.4 Å². The number of benzene rings is 2. The van der Waals surface area contributed by atoms with E-state index in [1.165, 1.54) is 24.1 Å². The van der Waals surface area contributed by atoms with Crippen LogP contribution in [0, 0.1) is 0 Å². The summed E-state index contributed by atoms with van der Waals surface area (Å²) in [6.45, 7) is 1.03. The molecular formula is C17H17ClF3N. The Morgan fingerprint density at radius 1 is 0.955 bits per heavy atom. The lowest BCUT2D eigenvalue weighted by molar-refractivity contribution is -0.137. The molecular weight excluding hydrogens is 311 g/mol. The molecule has 5 heteroatoms. The van der Waals surface area contributed by atoms with Gasteiger partial charge in [-0.3, -0.25) is 0 Å². The third-order valence-corrected chi connectivity index (χ3v) is 3.90. The van der Waals surface area contributed by atoms with E-state index in [4.69, 9.17) is 0 Å². The van der Waals surface area contributed by atoms with Crippen LogP contribution in [0.2, 0.25) is 0 Å². The van der Waals surface area contributed by atoms with E-state index in [-0.39, 0.29) is 12.4 Å². The number of rotatable bonds is 2. The lowest BCUT2D eigenvalue weighted by atomic mass is 9.99. The van der Waals surface area contributed by atoms with Gasteiger partial charge in [0.2, 0.25) is 0 Å². The van der Waals surface area contributed by atoms with E-state index >= 15 is 0 Å². The van der Waals surface area contributed by atoms with Gasteiger partial charge in [-0.05, 0) is 48.2 Å². The SMILES string of the molecule is Cl.FC(F)(F)c1cccc(-c2ccc(C3CCCN3)cc2)c1. The molecule has 0 aromatic heterocycles. The van der Waals surface area contributed by atoms with Crippen molar-refractivity contribution in [3.8, 4) is 11.1 Å². The Morgan fingerprint density at radius 3 is 2.27 bits per heavy atom. The fourth-order valence-corrected chi connectivity index (χ4v) is 2.75. The summed E-state index contributed by atoms with van der Waals surface area (Å²) in [6.07, 6.45) is -2.02. The number of halogens is 4. The molecule has 2 aromatic carbocycles. The van der Waals surface area contributed by atoms with Gasteiger partial charge in [-0.2, -0.15) is 13.2 Å². The van der Waals surface area contributed by atoms with Crippen LogP contribution in [0.25, 0.3) is 11.1 Å². The zero-order chi connectivity index (χ0) is 14.9. The first-order valence-electron chi connectivity index (χ1n) is 7.05. The largest absolute Gasteiger partial charge is 0.416 e. The van der Waals surface area contributed by atoms with E-state index in [1.807, 2.05) is 24.3 Å². The molecule has 1 nitrogen and oxygen atoms in total. The smallest absolute Gasteiger partial charge is 0.310 e. The minimum absolute atomic E-state index is 0. The summed E-state index contributed by atoms with van der Waals surface area (Å²) in [5, 5.41) is 3.41. The predicted molar refractivity (Wildman–Crippen MR) is 84.1 cm³/mol. The van der Waals surface area contributed by atoms with Gasteiger partial charge in [0.05, 0.1) is 5.56 Å². The van der Waals surface area contributed by atoms with Gasteiger partial charge in [0, 0.05) is 6.04 Å². The summed E-state index contributed by atoms with van der Waals surface area (Å²) in [6, 6.07) is 13.6. The summed E-state index contributed by atoms with van der Waals surface area (Å²) < 4.78 is 38.2. The van der Waals surface area contributed by atoms with Crippen LogP contribution in [0.4, 0.5) is 13.2 Å². The second kappa shape index (κ2) is 6.71. The molecule has 1 atom stereocenters. The van der Waals surface area contributed by atoms with Gasteiger partial charge in [0.1, 0.15) is 0 Å². The third kappa shape index (κ3) is 3.62. The molecule has 3 rings (SSSR count). The second-order valence-electron chi connectivity index (χ2n) is 5.35. The monoisotopic (exact) mass is 327 g/mol. The van der Waals surface area contributed by atoms with E-state index in [0.29, 0.717) is 11.6 Å². The van der Waals surface area contributed by atoms with Crippen LogP contribution in [0.5, 0.6) is 0 Å². The van der Waals surface area contributed by atoms with Gasteiger partial charge in [-0.25, -0.2) is 0 Å². The normalized spacial score (nSPS) is 18.0. The molecule has 0 amide bonds. The Balaban J connectivity index is 0.00000176. The molecule has 0 spiro atoms. The predicted octanol–water partition coefficient (Wildman–Crippen LogP) is 5.22. The fraction of sp³-hybridized carbons (Fsp3) is 0.294. The maximum Gasteiger partial charge on any atom is 0.416 e. The Bertz CT molecular complexity index is 617. The first-order valence-corrected chi connectivity index (χ1v) is 7.05. The molecule has 1 saturated heterocycles. The van der Waals surface area contributed by atoms with Crippen molar-refractivity contribution >= 4 is 12.4 Å². The van der Waals surface area contributed by atoms with Crippen molar-refractivity contribution in [2.75, 3.05) is 6.54 Å². The molecule has 0 aliphatic carbocycles. The molecule has 0 bridgehead atoms. The molecule has 22 heavy (non-hydrogen) atoms. The number of hydrogen-bond acceptors (Lipinski definition) is 1. The average Bonchev–Trinajstić information content (AvgIpc) is 3.01. The first-order chi connectivity index (χ1) is 10.0. The molecule has 0 radical (unpaired) electrons. The maximum atomic E-state index is 12.7. The number of alkyl halides is 3. The standard InChI is InChI=1S/C17H16F3N.ClH/c18-17(19,20)15-4-1-3-14(11-15)12-6-8-13(9-7-12)16-5-2-10-21-16;/h1,3-4,6-9,11,16,21H,2,5,10H2;1H. The highest BCUT2D eigenvalue weighted by Crippen LogP contribution is 2.32. The molecule has 1 unspecified atom stereocenters. The quantitative estimate of drug-likeness (QED) is 0.797. The number of nitrogens with one attached hydrogen (secondary N) is 1. The van der Waals surface area contributed by atoms with E-state index < -0.39 is 11.7 Å². The van der Waals surface area contributed by atoms with Crippen molar-refractivity contribution in [1.29, 1.82) is 0 Å². The molecule has 1 aliphatic heterocycles. The van der Waals surface area contributed by atoms with Crippen molar-refractivity contribution in [3.63, 3.8) is 0 Å². The Morgan fingerprint density at radius 2 is 1.68 bits per heavy atom. The summed E-state index contributed by atoms with van der Waals surface area (Å²) in [5.74, 6) is 0. The zero-order valence-electron chi connectivity index (χ0n) is 11.9. The van der Waals surface area contributed by atoms with Crippen LogP contribution in [-0.4, -0.2) is 6.54 Å². The highest BCUT2D eigenvalue weighted by molar-refractivity contribution is 5.85. The molecule has 2 aromatic rings. The van der Waals surface area contributed by atoms with Crippen molar-refractivity contribution in [2.45, 2.75) is 25.1 Å². The van der Waals surface area contributed by atoms with Crippen LogP contribution < -0.4 is 5.32 Å². The lowest BCUT2D eigenvalue weighted by Gasteiger charge is -2.12. The van der Waals surface area contributed by atoms with Gasteiger partial charge in [0.15, 0.2) is 0 Å². The minimum atomic E-state index is -4.30. The average molecular weight is 328 g/mol. The molecule has 118 valence electrons. The summed E-state index contributed by atoms with van der Waals surface area (Å²) in [5.41, 5.74) is 1.99. The minimum Gasteiger partial charge on any atom is -0.310 e. The molecule has 0 saturated carbocycles. The van der Waals surface area contributed by atoms with Gasteiger partial charge >= 0.3 is 6.18 Å². The molecule has 1 aliphatic rings. The van der Waals surface area contributed by atoms with Crippen LogP contribution in [0.15, 0.2) is 48.5 Å². The van der Waals surface area contributed by atoms with Crippen molar-refractivity contribution in [2.24, 2.45) is 0 Å². The van der Waals surface area contributed by atoms with E-state index in [1.54, 1.807) is 6.07 Å². The third-order valence-electron chi connectivity index (χ3n) is 3.90. The Hall–Kier alpha value is -1.52. The maximum absolute atomic E-state index is 12.7. The Labute approximate surface area is 134 Å². The Kier molecular flexibility index (Phi) is 5.14. The van der Waals surface area contributed by atoms with Crippen LogP contribution in [0.3, 0.4) is 0 Å². The van der Waals surface area contributed by atoms with Crippen molar-refractivity contribution in [1.82, 2.24) is 5.32 Å². The lowest BCUT2D eigenvalue weighted by Crippen LogP contribution is -2.12. The van der Waals surface area contributed by atoms with E-state index in [0.717, 1.165) is 24.6 Å². The first kappa shape index (κ1) is 16.8.